The van der Waals surface area contributed by atoms with Gasteiger partial charge in [0.05, 0.1) is 17.3 Å². The summed E-state index contributed by atoms with van der Waals surface area (Å²) in [5.41, 5.74) is -0.0787. The van der Waals surface area contributed by atoms with Crippen LogP contribution in [0, 0.1) is 6.92 Å². The van der Waals surface area contributed by atoms with Crippen molar-refractivity contribution in [3.8, 4) is 0 Å². The lowest BCUT2D eigenvalue weighted by Gasteiger charge is -2.07. The second-order valence-electron chi connectivity index (χ2n) is 6.99. The van der Waals surface area contributed by atoms with Crippen LogP contribution in [0.1, 0.15) is 17.0 Å². The Labute approximate surface area is 180 Å². The van der Waals surface area contributed by atoms with Gasteiger partial charge in [0.1, 0.15) is 6.54 Å². The van der Waals surface area contributed by atoms with Crippen LogP contribution in [-0.2, 0) is 24.1 Å². The molecule has 1 amide bonds. The topological polar surface area (TPSA) is 64.7 Å². The number of carbonyl (C=O) groups is 1. The van der Waals surface area contributed by atoms with Crippen molar-refractivity contribution in [2.75, 3.05) is 5.32 Å². The number of fused-ring (bicyclic) bond motifs is 1. The van der Waals surface area contributed by atoms with Gasteiger partial charge in [-0.25, -0.2) is 0 Å². The van der Waals surface area contributed by atoms with Crippen molar-refractivity contribution in [3.05, 3.63) is 76.7 Å². The van der Waals surface area contributed by atoms with E-state index in [2.05, 4.69) is 15.5 Å². The highest BCUT2D eigenvalue weighted by atomic mass is 35.5. The summed E-state index contributed by atoms with van der Waals surface area (Å²) in [5.74, 6) is -0.274. The number of benzene rings is 2. The van der Waals surface area contributed by atoms with E-state index in [1.54, 1.807) is 16.9 Å². The third-order valence-electron chi connectivity index (χ3n) is 4.82. The van der Waals surface area contributed by atoms with E-state index in [4.69, 9.17) is 11.6 Å². The molecule has 0 radical (unpaired) electrons. The molecule has 0 fully saturated rings. The number of rotatable bonds is 5. The van der Waals surface area contributed by atoms with Gasteiger partial charge in [-0.15, -0.1) is 0 Å². The molecule has 10 heteroatoms. The van der Waals surface area contributed by atoms with Gasteiger partial charge in [-0.05, 0) is 23.3 Å². The standard InChI is InChI=1S/C21H17ClF3N5O/c1-13-19(22)20(21(23,24)25)28-30(13)12-18(31)26-17-9-10-29(27-17)11-15-7-4-6-14-5-2-3-8-16(14)15/h2-10H,11-12H2,1H3,(H,26,27,31). The van der Waals surface area contributed by atoms with Crippen molar-refractivity contribution in [1.82, 2.24) is 19.6 Å². The van der Waals surface area contributed by atoms with Crippen molar-refractivity contribution in [2.24, 2.45) is 0 Å². The average molecular weight is 448 g/mol. The highest BCUT2D eigenvalue weighted by molar-refractivity contribution is 6.32. The second kappa shape index (κ2) is 8.07. The van der Waals surface area contributed by atoms with Crippen molar-refractivity contribution in [2.45, 2.75) is 26.2 Å². The molecule has 160 valence electrons. The van der Waals surface area contributed by atoms with Crippen LogP contribution in [0.5, 0.6) is 0 Å². The molecule has 4 aromatic rings. The van der Waals surface area contributed by atoms with Gasteiger partial charge in [0.15, 0.2) is 11.5 Å². The first kappa shape index (κ1) is 20.9. The minimum atomic E-state index is -4.69. The highest BCUT2D eigenvalue weighted by Crippen LogP contribution is 2.35. The summed E-state index contributed by atoms with van der Waals surface area (Å²) in [6.07, 6.45) is -2.97. The van der Waals surface area contributed by atoms with Gasteiger partial charge in [-0.1, -0.05) is 54.1 Å². The fourth-order valence-electron chi connectivity index (χ4n) is 3.30. The first-order valence-corrected chi connectivity index (χ1v) is 9.70. The number of nitrogens with zero attached hydrogens (tertiary/aromatic N) is 4. The number of alkyl halides is 3. The third-order valence-corrected chi connectivity index (χ3v) is 5.27. The molecule has 1 N–H and O–H groups in total. The van der Waals surface area contributed by atoms with Gasteiger partial charge < -0.3 is 5.32 Å². The maximum absolute atomic E-state index is 12.9. The minimum Gasteiger partial charge on any atom is -0.308 e. The van der Waals surface area contributed by atoms with Crippen LogP contribution in [0.2, 0.25) is 5.02 Å². The number of nitrogens with one attached hydrogen (secondary N) is 1. The van der Waals surface area contributed by atoms with Crippen molar-refractivity contribution in [3.63, 3.8) is 0 Å². The summed E-state index contributed by atoms with van der Waals surface area (Å²) in [5, 5.41) is 12.0. The molecule has 4 rings (SSSR count). The number of aromatic nitrogens is 4. The Morgan fingerprint density at radius 2 is 1.84 bits per heavy atom. The quantitative estimate of drug-likeness (QED) is 0.473. The van der Waals surface area contributed by atoms with Crippen LogP contribution in [-0.4, -0.2) is 25.5 Å². The fourth-order valence-corrected chi connectivity index (χ4v) is 3.54. The zero-order valence-corrected chi connectivity index (χ0v) is 17.1. The Kier molecular flexibility index (Phi) is 5.45. The van der Waals surface area contributed by atoms with Crippen LogP contribution < -0.4 is 5.32 Å². The summed E-state index contributed by atoms with van der Waals surface area (Å²) in [6.45, 7) is 1.45. The van der Waals surface area contributed by atoms with Crippen LogP contribution in [0.4, 0.5) is 19.0 Å². The Balaban J connectivity index is 1.45. The molecule has 2 aromatic heterocycles. The fraction of sp³-hybridized carbons (Fsp3) is 0.190. The predicted molar refractivity (Wildman–Crippen MR) is 111 cm³/mol. The number of hydrogen-bond acceptors (Lipinski definition) is 3. The highest BCUT2D eigenvalue weighted by Gasteiger charge is 2.38. The Morgan fingerprint density at radius 1 is 1.10 bits per heavy atom. The first-order valence-electron chi connectivity index (χ1n) is 9.32. The van der Waals surface area contributed by atoms with Gasteiger partial charge in [0, 0.05) is 12.3 Å². The Bertz CT molecular complexity index is 1260. The number of halogens is 4. The maximum atomic E-state index is 12.9. The molecule has 0 atom stereocenters. The van der Waals surface area contributed by atoms with Crippen molar-refractivity contribution < 1.29 is 18.0 Å². The SMILES string of the molecule is Cc1c(Cl)c(C(F)(F)F)nn1CC(=O)Nc1ccn(Cc2cccc3ccccc23)n1. The molecule has 2 heterocycles. The lowest BCUT2D eigenvalue weighted by molar-refractivity contribution is -0.141. The summed E-state index contributed by atoms with van der Waals surface area (Å²) in [7, 11) is 0. The molecular weight excluding hydrogens is 431 g/mol. The molecule has 2 aromatic carbocycles. The largest absolute Gasteiger partial charge is 0.436 e. The molecule has 0 aliphatic carbocycles. The lowest BCUT2D eigenvalue weighted by atomic mass is 10.0. The van der Waals surface area contributed by atoms with Crippen LogP contribution in [0.25, 0.3) is 10.8 Å². The van der Waals surface area contributed by atoms with Gasteiger partial charge >= 0.3 is 6.18 Å². The van der Waals surface area contributed by atoms with Crippen LogP contribution in [0.15, 0.2) is 54.7 Å². The summed E-state index contributed by atoms with van der Waals surface area (Å²) >= 11 is 5.71. The van der Waals surface area contributed by atoms with E-state index in [-0.39, 0.29) is 11.5 Å². The summed E-state index contributed by atoms with van der Waals surface area (Å²) in [6, 6.07) is 15.6. The molecular formula is C21H17ClF3N5O. The van der Waals surface area contributed by atoms with E-state index in [1.165, 1.54) is 6.92 Å². The molecule has 0 aliphatic heterocycles. The zero-order valence-electron chi connectivity index (χ0n) is 16.3. The molecule has 31 heavy (non-hydrogen) atoms. The maximum Gasteiger partial charge on any atom is 0.436 e. The number of amides is 1. The predicted octanol–water partition coefficient (Wildman–Crippen LogP) is 4.90. The van der Waals surface area contributed by atoms with Crippen molar-refractivity contribution in [1.29, 1.82) is 0 Å². The van der Waals surface area contributed by atoms with Gasteiger partial charge in [0.2, 0.25) is 5.91 Å². The molecule has 0 aliphatic rings. The zero-order chi connectivity index (χ0) is 22.2. The van der Waals surface area contributed by atoms with E-state index in [0.717, 1.165) is 21.0 Å². The minimum absolute atomic E-state index is 0.0608. The second-order valence-corrected chi connectivity index (χ2v) is 7.37. The van der Waals surface area contributed by atoms with Crippen LogP contribution >= 0.6 is 11.6 Å². The number of carbonyl (C=O) groups excluding carboxylic acids is 1. The molecule has 6 nitrogen and oxygen atoms in total. The van der Waals surface area contributed by atoms with E-state index in [0.29, 0.717) is 6.54 Å². The van der Waals surface area contributed by atoms with E-state index >= 15 is 0 Å². The van der Waals surface area contributed by atoms with Gasteiger partial charge in [-0.2, -0.15) is 23.4 Å². The van der Waals surface area contributed by atoms with E-state index < -0.39 is 29.3 Å². The van der Waals surface area contributed by atoms with Gasteiger partial charge in [0.25, 0.3) is 0 Å². The van der Waals surface area contributed by atoms with Crippen LogP contribution in [0.3, 0.4) is 0 Å². The Hall–Kier alpha value is -3.33. The molecule has 0 saturated heterocycles. The van der Waals surface area contributed by atoms with E-state index in [9.17, 15) is 18.0 Å². The molecule has 0 bridgehead atoms. The van der Waals surface area contributed by atoms with Gasteiger partial charge in [-0.3, -0.25) is 14.2 Å². The lowest BCUT2D eigenvalue weighted by Crippen LogP contribution is -2.21. The monoisotopic (exact) mass is 447 g/mol. The summed E-state index contributed by atoms with van der Waals surface area (Å²) < 4.78 is 41.4. The summed E-state index contributed by atoms with van der Waals surface area (Å²) in [4.78, 5) is 12.3. The van der Waals surface area contributed by atoms with Crippen molar-refractivity contribution >= 4 is 34.1 Å². The molecule has 0 saturated carbocycles. The Morgan fingerprint density at radius 3 is 2.58 bits per heavy atom. The third kappa shape index (κ3) is 4.41. The number of hydrogen-bond donors (Lipinski definition) is 1. The van der Waals surface area contributed by atoms with E-state index in [1.807, 2.05) is 42.5 Å². The molecule has 0 unspecified atom stereocenters. The smallest absolute Gasteiger partial charge is 0.308 e. The average Bonchev–Trinajstić information content (AvgIpc) is 3.27. The molecule has 0 spiro atoms. The normalized spacial score (nSPS) is 11.8. The first-order chi connectivity index (χ1) is 14.7. The number of anilines is 1.